The first-order chi connectivity index (χ1) is 20.9. The van der Waals surface area contributed by atoms with Gasteiger partial charge in [0.1, 0.15) is 18.1 Å². The molecule has 2 N–H and O–H groups in total. The van der Waals surface area contributed by atoms with Gasteiger partial charge >= 0.3 is 5.97 Å². The Bertz CT molecular complexity index is 1560. The first-order valence-electron chi connectivity index (χ1n) is 14.5. The number of esters is 1. The third-order valence-corrected chi connectivity index (χ3v) is 8.05. The number of hydrogen-bond acceptors (Lipinski definition) is 7. The zero-order valence-corrected chi connectivity index (χ0v) is 23.4. The molecule has 4 amide bonds. The number of hydrogen-bond donors (Lipinski definition) is 2. The van der Waals surface area contributed by atoms with E-state index in [4.69, 9.17) is 9.47 Å². The summed E-state index contributed by atoms with van der Waals surface area (Å²) in [5.74, 6) is -2.30. The Morgan fingerprint density at radius 2 is 1.67 bits per heavy atom. The molecule has 3 aliphatic heterocycles. The van der Waals surface area contributed by atoms with Gasteiger partial charge in [0, 0.05) is 18.5 Å². The number of hydrazine groups is 1. The first kappa shape index (κ1) is 28.4. The van der Waals surface area contributed by atoms with Crippen molar-refractivity contribution in [3.8, 4) is 0 Å². The van der Waals surface area contributed by atoms with Crippen LogP contribution in [0.2, 0.25) is 0 Å². The van der Waals surface area contributed by atoms with E-state index in [-0.39, 0.29) is 38.3 Å². The molecule has 0 aromatic heterocycles. The van der Waals surface area contributed by atoms with Crippen molar-refractivity contribution in [2.75, 3.05) is 6.54 Å². The maximum Gasteiger partial charge on any atom is 0.310 e. The lowest BCUT2D eigenvalue weighted by atomic mass is 10.0. The van der Waals surface area contributed by atoms with Crippen LogP contribution in [0.15, 0.2) is 72.8 Å². The van der Waals surface area contributed by atoms with Gasteiger partial charge in [-0.05, 0) is 41.7 Å². The van der Waals surface area contributed by atoms with Crippen molar-refractivity contribution in [1.82, 2.24) is 20.7 Å². The van der Waals surface area contributed by atoms with Crippen molar-refractivity contribution in [2.24, 2.45) is 0 Å². The molecule has 1 unspecified atom stereocenters. The standard InChI is InChI=1S/C32H32N4O7/c37-27-16-15-24(33-29(39)23-13-6-11-21-10-4-5-12-22(21)23)31(41)36-26(14-7-17-35(27)36)30(40)34-25-18-28(38)43-32(25)42-19-20-8-2-1-3-9-20/h1-6,8-13,24-26,32H,7,14-19H2,(H,33,39)(H,34,40)/t24-,25-,26-,32?/m0/s1. The molecule has 3 heterocycles. The third kappa shape index (κ3) is 5.94. The van der Waals surface area contributed by atoms with Gasteiger partial charge < -0.3 is 20.1 Å². The normalized spacial score (nSPS) is 23.9. The number of rotatable bonds is 7. The second-order valence-corrected chi connectivity index (χ2v) is 10.9. The predicted octanol–water partition coefficient (Wildman–Crippen LogP) is 2.44. The highest BCUT2D eigenvalue weighted by molar-refractivity contribution is 6.08. The van der Waals surface area contributed by atoms with Crippen molar-refractivity contribution in [2.45, 2.75) is 63.1 Å². The lowest BCUT2D eigenvalue weighted by molar-refractivity contribution is -0.177. The monoisotopic (exact) mass is 584 g/mol. The average molecular weight is 585 g/mol. The largest absolute Gasteiger partial charge is 0.433 e. The number of cyclic esters (lactones) is 1. The number of carbonyl (C=O) groups excluding carboxylic acids is 5. The Morgan fingerprint density at radius 1 is 0.907 bits per heavy atom. The van der Waals surface area contributed by atoms with Gasteiger partial charge in [-0.1, -0.05) is 66.7 Å². The van der Waals surface area contributed by atoms with Gasteiger partial charge in [-0.15, -0.1) is 0 Å². The van der Waals surface area contributed by atoms with Crippen LogP contribution in [0.25, 0.3) is 10.8 Å². The predicted molar refractivity (Wildman–Crippen MR) is 154 cm³/mol. The second kappa shape index (κ2) is 12.2. The number of nitrogens with one attached hydrogen (secondary N) is 2. The molecule has 0 aliphatic carbocycles. The molecule has 3 fully saturated rings. The number of ether oxygens (including phenoxy) is 2. The van der Waals surface area contributed by atoms with E-state index in [1.54, 1.807) is 12.1 Å². The molecule has 0 radical (unpaired) electrons. The van der Waals surface area contributed by atoms with Crippen LogP contribution in [0.4, 0.5) is 0 Å². The summed E-state index contributed by atoms with van der Waals surface area (Å²) in [4.78, 5) is 66.2. The number of amides is 4. The van der Waals surface area contributed by atoms with Crippen LogP contribution in [-0.4, -0.2) is 70.6 Å². The van der Waals surface area contributed by atoms with Crippen LogP contribution in [0.3, 0.4) is 0 Å². The molecule has 0 saturated carbocycles. The van der Waals surface area contributed by atoms with Gasteiger partial charge in [0.15, 0.2) is 0 Å². The van der Waals surface area contributed by atoms with Crippen molar-refractivity contribution in [1.29, 1.82) is 0 Å². The maximum absolute atomic E-state index is 13.9. The van der Waals surface area contributed by atoms with E-state index in [1.807, 2.05) is 60.7 Å². The molecule has 0 spiro atoms. The van der Waals surface area contributed by atoms with E-state index < -0.39 is 48.1 Å². The van der Waals surface area contributed by atoms with Crippen molar-refractivity contribution < 1.29 is 33.4 Å². The Labute approximate surface area is 248 Å². The molecule has 3 saturated heterocycles. The molecule has 0 bridgehead atoms. The van der Waals surface area contributed by atoms with Crippen LogP contribution >= 0.6 is 0 Å². The summed E-state index contributed by atoms with van der Waals surface area (Å²) in [6, 6.07) is 19.4. The first-order valence-corrected chi connectivity index (χ1v) is 14.5. The summed E-state index contributed by atoms with van der Waals surface area (Å²) in [7, 11) is 0. The van der Waals surface area contributed by atoms with Gasteiger partial charge in [0.25, 0.3) is 11.8 Å². The van der Waals surface area contributed by atoms with Crippen LogP contribution in [0.1, 0.15) is 48.0 Å². The third-order valence-electron chi connectivity index (χ3n) is 8.05. The Kier molecular flexibility index (Phi) is 8.06. The molecule has 43 heavy (non-hydrogen) atoms. The van der Waals surface area contributed by atoms with E-state index in [1.165, 1.54) is 10.0 Å². The quantitative estimate of drug-likeness (QED) is 0.408. The average Bonchev–Trinajstić information content (AvgIpc) is 3.33. The topological polar surface area (TPSA) is 134 Å². The Balaban J connectivity index is 1.18. The number of fused-ring (bicyclic) bond motifs is 2. The van der Waals surface area contributed by atoms with Gasteiger partial charge in [0.05, 0.1) is 13.0 Å². The molecular weight excluding hydrogens is 552 g/mol. The van der Waals surface area contributed by atoms with Crippen molar-refractivity contribution in [3.05, 3.63) is 83.9 Å². The van der Waals surface area contributed by atoms with Gasteiger partial charge in [-0.2, -0.15) is 0 Å². The molecule has 3 aliphatic rings. The van der Waals surface area contributed by atoms with Crippen LogP contribution in [0, 0.1) is 0 Å². The Morgan fingerprint density at radius 3 is 2.51 bits per heavy atom. The molecule has 3 aromatic rings. The lowest BCUT2D eigenvalue weighted by Crippen LogP contribution is -2.64. The Hall–Kier alpha value is -4.77. The number of carbonyl (C=O) groups is 5. The molecule has 4 atom stereocenters. The fourth-order valence-corrected chi connectivity index (χ4v) is 5.90. The van der Waals surface area contributed by atoms with E-state index in [0.717, 1.165) is 16.3 Å². The smallest absolute Gasteiger partial charge is 0.310 e. The highest BCUT2D eigenvalue weighted by atomic mass is 16.7. The minimum Gasteiger partial charge on any atom is -0.433 e. The van der Waals surface area contributed by atoms with Crippen LogP contribution < -0.4 is 10.6 Å². The zero-order valence-electron chi connectivity index (χ0n) is 23.4. The minimum atomic E-state index is -1.01. The molecule has 6 rings (SSSR count). The highest BCUT2D eigenvalue weighted by Crippen LogP contribution is 2.27. The SMILES string of the molecule is O=C1C[C@H](NC(=O)[C@@H]2CCCN3C(=O)CC[C@H](NC(=O)c4cccc5ccccc45)C(=O)N23)C(OCc2ccccc2)O1. The molecule has 11 heteroatoms. The van der Waals surface area contributed by atoms with Crippen molar-refractivity contribution >= 4 is 40.4 Å². The molecule has 222 valence electrons. The van der Waals surface area contributed by atoms with Gasteiger partial charge in [0.2, 0.25) is 18.1 Å². The summed E-state index contributed by atoms with van der Waals surface area (Å²) in [6.45, 7) is 0.464. The van der Waals surface area contributed by atoms with Crippen molar-refractivity contribution in [3.63, 3.8) is 0 Å². The maximum atomic E-state index is 13.9. The summed E-state index contributed by atoms with van der Waals surface area (Å²) in [6.07, 6.45) is -0.117. The molecule has 11 nitrogen and oxygen atoms in total. The molecule has 3 aromatic carbocycles. The summed E-state index contributed by atoms with van der Waals surface area (Å²) < 4.78 is 11.1. The minimum absolute atomic E-state index is 0.0391. The van der Waals surface area contributed by atoms with Gasteiger partial charge in [-0.25, -0.2) is 5.01 Å². The summed E-state index contributed by atoms with van der Waals surface area (Å²) in [5, 5.41) is 9.79. The fraction of sp³-hybridized carbons (Fsp3) is 0.344. The fourth-order valence-electron chi connectivity index (χ4n) is 5.90. The lowest BCUT2D eigenvalue weighted by Gasteiger charge is -2.43. The molecular formula is C32H32N4O7. The van der Waals surface area contributed by atoms with Gasteiger partial charge in [-0.3, -0.25) is 29.0 Å². The number of benzene rings is 3. The number of nitrogens with zero attached hydrogens (tertiary/aromatic N) is 2. The summed E-state index contributed by atoms with van der Waals surface area (Å²) >= 11 is 0. The van der Waals surface area contributed by atoms with E-state index in [0.29, 0.717) is 18.4 Å². The van der Waals surface area contributed by atoms with Crippen LogP contribution in [-0.2, 0) is 35.3 Å². The summed E-state index contributed by atoms with van der Waals surface area (Å²) in [5.41, 5.74) is 1.29. The highest BCUT2D eigenvalue weighted by Gasteiger charge is 2.46. The van der Waals surface area contributed by atoms with E-state index >= 15 is 0 Å². The van der Waals surface area contributed by atoms with E-state index in [2.05, 4.69) is 10.6 Å². The second-order valence-electron chi connectivity index (χ2n) is 10.9. The van der Waals surface area contributed by atoms with E-state index in [9.17, 15) is 24.0 Å². The van der Waals surface area contributed by atoms with Crippen LogP contribution in [0.5, 0.6) is 0 Å². The zero-order chi connectivity index (χ0) is 29.9.